The summed E-state index contributed by atoms with van der Waals surface area (Å²) in [5.41, 5.74) is 3.62. The highest BCUT2D eigenvalue weighted by Crippen LogP contribution is 2.30. The van der Waals surface area contributed by atoms with Crippen LogP contribution in [-0.2, 0) is 38.7 Å². The smallest absolute Gasteiger partial charge is 0.245 e. The van der Waals surface area contributed by atoms with Crippen LogP contribution in [0.5, 0.6) is 0 Å². The number of amides is 3. The van der Waals surface area contributed by atoms with E-state index in [9.17, 15) is 23.6 Å². The Labute approximate surface area is 180 Å². The monoisotopic (exact) mass is 429 g/mol. The molecule has 3 aliphatic heterocycles. The van der Waals surface area contributed by atoms with E-state index in [2.05, 4.69) is 18.3 Å². The number of carbonyl (C=O) groups is 4. The summed E-state index contributed by atoms with van der Waals surface area (Å²) >= 11 is 0. The number of nitrogens with zero attached hydrogens (tertiary/aromatic N) is 2. The van der Waals surface area contributed by atoms with Gasteiger partial charge >= 0.3 is 0 Å². The molecule has 1 unspecified atom stereocenters. The number of carbonyl (C=O) groups excluding carboxylic acids is 4. The molecule has 0 spiro atoms. The van der Waals surface area contributed by atoms with Crippen molar-refractivity contribution in [2.75, 3.05) is 6.54 Å². The van der Waals surface area contributed by atoms with E-state index >= 15 is 0 Å². The van der Waals surface area contributed by atoms with Crippen LogP contribution in [0.1, 0.15) is 49.3 Å². The third-order valence-corrected chi connectivity index (χ3v) is 6.61. The number of likely N-dealkylation sites (tertiary alicyclic amines) is 1. The molecular formula is C23H28FN3O4. The van der Waals surface area contributed by atoms with E-state index in [0.717, 1.165) is 18.4 Å². The van der Waals surface area contributed by atoms with Crippen molar-refractivity contribution in [1.82, 2.24) is 15.1 Å². The van der Waals surface area contributed by atoms with Gasteiger partial charge in [-0.3, -0.25) is 14.4 Å². The van der Waals surface area contributed by atoms with E-state index in [4.69, 9.17) is 0 Å². The molecule has 0 radical (unpaired) electrons. The Morgan fingerprint density at radius 2 is 2.06 bits per heavy atom. The number of benzene rings is 1. The van der Waals surface area contributed by atoms with E-state index < -0.39 is 30.1 Å². The molecule has 31 heavy (non-hydrogen) atoms. The van der Waals surface area contributed by atoms with Crippen LogP contribution in [0.15, 0.2) is 18.2 Å². The molecule has 0 bridgehead atoms. The summed E-state index contributed by atoms with van der Waals surface area (Å²) in [6, 6.07) is 4.55. The Hall–Kier alpha value is -2.77. The second kappa shape index (κ2) is 8.77. The van der Waals surface area contributed by atoms with E-state index in [1.54, 1.807) is 4.90 Å². The SMILES string of the molecule is CCCc1cccc2c1CN(C(=O)C[C@@H]1C[C@@H](C(=O)N3CC(F)C[C@H]3C=O)NC1=O)C2. The molecule has 0 aromatic heterocycles. The molecule has 0 saturated carbocycles. The maximum Gasteiger partial charge on any atom is 0.245 e. The molecule has 7 nitrogen and oxygen atoms in total. The molecule has 8 heteroatoms. The fourth-order valence-corrected chi connectivity index (χ4v) is 4.99. The lowest BCUT2D eigenvalue weighted by molar-refractivity contribution is -0.137. The number of halogens is 1. The second-order valence-electron chi connectivity index (χ2n) is 8.78. The molecule has 1 N–H and O–H groups in total. The molecule has 0 aliphatic carbocycles. The predicted octanol–water partition coefficient (Wildman–Crippen LogP) is 1.51. The van der Waals surface area contributed by atoms with Crippen molar-refractivity contribution in [3.63, 3.8) is 0 Å². The van der Waals surface area contributed by atoms with Crippen molar-refractivity contribution >= 4 is 24.0 Å². The van der Waals surface area contributed by atoms with Crippen molar-refractivity contribution in [3.8, 4) is 0 Å². The van der Waals surface area contributed by atoms with Crippen molar-refractivity contribution in [1.29, 1.82) is 0 Å². The van der Waals surface area contributed by atoms with Crippen LogP contribution in [0.2, 0.25) is 0 Å². The first-order valence-electron chi connectivity index (χ1n) is 11.0. The maximum atomic E-state index is 13.7. The predicted molar refractivity (Wildman–Crippen MR) is 110 cm³/mol. The molecule has 2 saturated heterocycles. The Kier molecular flexibility index (Phi) is 6.07. The summed E-state index contributed by atoms with van der Waals surface area (Å²) in [6.07, 6.45) is 1.56. The highest BCUT2D eigenvalue weighted by molar-refractivity contribution is 5.95. The lowest BCUT2D eigenvalue weighted by Gasteiger charge is -2.23. The normalized spacial score (nSPS) is 27.4. The minimum absolute atomic E-state index is 0.00659. The largest absolute Gasteiger partial charge is 0.344 e. The summed E-state index contributed by atoms with van der Waals surface area (Å²) in [7, 11) is 0. The van der Waals surface area contributed by atoms with Gasteiger partial charge in [-0.05, 0) is 29.5 Å². The topological polar surface area (TPSA) is 86.8 Å². The molecule has 3 aliphatic rings. The number of aryl methyl sites for hydroxylation is 1. The van der Waals surface area contributed by atoms with Crippen LogP contribution in [0.4, 0.5) is 4.39 Å². The molecule has 3 heterocycles. The number of hydrogen-bond donors (Lipinski definition) is 1. The number of alkyl halides is 1. The van der Waals surface area contributed by atoms with Gasteiger partial charge in [-0.2, -0.15) is 0 Å². The van der Waals surface area contributed by atoms with Crippen LogP contribution >= 0.6 is 0 Å². The van der Waals surface area contributed by atoms with Crippen LogP contribution in [0, 0.1) is 5.92 Å². The minimum Gasteiger partial charge on any atom is -0.344 e. The summed E-state index contributed by atoms with van der Waals surface area (Å²) in [6.45, 7) is 3.08. The first-order chi connectivity index (χ1) is 14.9. The van der Waals surface area contributed by atoms with E-state index in [0.29, 0.717) is 19.4 Å². The Morgan fingerprint density at radius 3 is 2.81 bits per heavy atom. The van der Waals surface area contributed by atoms with Gasteiger partial charge < -0.3 is 19.9 Å². The zero-order chi connectivity index (χ0) is 22.1. The van der Waals surface area contributed by atoms with Gasteiger partial charge in [-0.25, -0.2) is 4.39 Å². The van der Waals surface area contributed by atoms with Crippen molar-refractivity contribution in [2.24, 2.45) is 5.92 Å². The molecule has 1 aromatic carbocycles. The van der Waals surface area contributed by atoms with Gasteiger partial charge in [0.1, 0.15) is 18.5 Å². The highest BCUT2D eigenvalue weighted by atomic mass is 19.1. The number of fused-ring (bicyclic) bond motifs is 1. The molecule has 3 amide bonds. The fourth-order valence-electron chi connectivity index (χ4n) is 4.99. The van der Waals surface area contributed by atoms with E-state index in [1.807, 2.05) is 12.1 Å². The van der Waals surface area contributed by atoms with E-state index in [-0.39, 0.29) is 37.6 Å². The summed E-state index contributed by atoms with van der Waals surface area (Å²) < 4.78 is 13.7. The average Bonchev–Trinajstić information content (AvgIpc) is 3.45. The maximum absolute atomic E-state index is 13.7. The minimum atomic E-state index is -1.23. The first-order valence-corrected chi connectivity index (χ1v) is 11.0. The lowest BCUT2D eigenvalue weighted by Crippen LogP contribution is -2.47. The Balaban J connectivity index is 1.36. The van der Waals surface area contributed by atoms with Gasteiger partial charge in [0.25, 0.3) is 0 Å². The first kappa shape index (κ1) is 21.5. The molecule has 4 rings (SSSR count). The molecule has 2 fully saturated rings. The van der Waals surface area contributed by atoms with Gasteiger partial charge in [0.05, 0.1) is 12.6 Å². The van der Waals surface area contributed by atoms with Crippen LogP contribution < -0.4 is 5.32 Å². The van der Waals surface area contributed by atoms with Crippen LogP contribution in [0.3, 0.4) is 0 Å². The standard InChI is InChI=1S/C23H28FN3O4/c1-2-4-14-5-3-6-15-10-26(12-19(14)15)21(29)8-16-7-20(25-22(16)30)23(31)27-11-17(24)9-18(27)13-28/h3,5-6,13,16-18,20H,2,4,7-12H2,1H3,(H,25,30)/t16-,17?,18-,20-/m0/s1. The third-order valence-electron chi connectivity index (χ3n) is 6.61. The van der Waals surface area contributed by atoms with Gasteiger partial charge in [0.15, 0.2) is 0 Å². The van der Waals surface area contributed by atoms with Crippen LogP contribution in [-0.4, -0.2) is 58.6 Å². The fraction of sp³-hybridized carbons (Fsp3) is 0.565. The van der Waals surface area contributed by atoms with E-state index in [1.165, 1.54) is 16.0 Å². The number of rotatable bonds is 6. The van der Waals surface area contributed by atoms with Gasteiger partial charge in [0.2, 0.25) is 17.7 Å². The molecule has 4 atom stereocenters. The van der Waals surface area contributed by atoms with Crippen LogP contribution in [0.25, 0.3) is 0 Å². The third kappa shape index (κ3) is 4.20. The van der Waals surface area contributed by atoms with Crippen molar-refractivity contribution < 1.29 is 23.6 Å². The van der Waals surface area contributed by atoms with Gasteiger partial charge in [-0.15, -0.1) is 0 Å². The number of aldehydes is 1. The van der Waals surface area contributed by atoms with Gasteiger partial charge in [-0.1, -0.05) is 31.5 Å². The lowest BCUT2D eigenvalue weighted by atomic mass is 9.99. The Morgan fingerprint density at radius 1 is 1.26 bits per heavy atom. The van der Waals surface area contributed by atoms with Gasteiger partial charge in [0, 0.05) is 31.8 Å². The van der Waals surface area contributed by atoms with Crippen molar-refractivity contribution in [2.45, 2.75) is 70.4 Å². The number of hydrogen-bond acceptors (Lipinski definition) is 4. The molecule has 166 valence electrons. The zero-order valence-corrected chi connectivity index (χ0v) is 17.7. The summed E-state index contributed by atoms with van der Waals surface area (Å²) in [4.78, 5) is 52.2. The Bertz CT molecular complexity index is 905. The highest BCUT2D eigenvalue weighted by Gasteiger charge is 2.44. The average molecular weight is 429 g/mol. The van der Waals surface area contributed by atoms with Crippen molar-refractivity contribution in [3.05, 3.63) is 34.9 Å². The quantitative estimate of drug-likeness (QED) is 0.695. The summed E-state index contributed by atoms with van der Waals surface area (Å²) in [5.74, 6) is -1.49. The second-order valence-corrected chi connectivity index (χ2v) is 8.78. The summed E-state index contributed by atoms with van der Waals surface area (Å²) in [5, 5.41) is 2.64. The zero-order valence-electron chi connectivity index (χ0n) is 17.7. The number of nitrogens with one attached hydrogen (secondary N) is 1. The molecular weight excluding hydrogens is 401 g/mol. The molecule has 1 aromatic rings.